The molecule has 0 heterocycles. The summed E-state index contributed by atoms with van der Waals surface area (Å²) in [6.45, 7) is 0. The highest BCUT2D eigenvalue weighted by Crippen LogP contribution is 2.41. The minimum atomic E-state index is -1.55. The van der Waals surface area contributed by atoms with Crippen LogP contribution in [0.4, 0.5) is 0 Å². The van der Waals surface area contributed by atoms with E-state index in [-0.39, 0.29) is 0 Å². The highest BCUT2D eigenvalue weighted by molar-refractivity contribution is 6.66. The summed E-state index contributed by atoms with van der Waals surface area (Å²) in [4.78, 5) is 0. The van der Waals surface area contributed by atoms with Crippen LogP contribution in [0.5, 0.6) is 0 Å². The molecule has 0 bridgehead atoms. The maximum absolute atomic E-state index is 10.3. The second-order valence-electron chi connectivity index (χ2n) is 8.33. The Hall–Kier alpha value is -3.92. The molecular formula is C30H21BO2. The number of fused-ring (bicyclic) bond motifs is 3. The molecule has 33 heavy (non-hydrogen) atoms. The van der Waals surface area contributed by atoms with Crippen LogP contribution in [-0.4, -0.2) is 17.2 Å². The second kappa shape index (κ2) is 7.89. The minimum absolute atomic E-state index is 0.551. The molecule has 0 saturated heterocycles. The van der Waals surface area contributed by atoms with Gasteiger partial charge in [-0.1, -0.05) is 115 Å². The molecule has 0 amide bonds. The van der Waals surface area contributed by atoms with Crippen LogP contribution >= 0.6 is 0 Å². The summed E-state index contributed by atoms with van der Waals surface area (Å²) in [7, 11) is -1.55. The summed E-state index contributed by atoms with van der Waals surface area (Å²) >= 11 is 0. The van der Waals surface area contributed by atoms with Crippen molar-refractivity contribution in [1.29, 1.82) is 0 Å². The molecule has 0 aromatic heterocycles. The Balaban J connectivity index is 1.77. The molecule has 156 valence electrons. The quantitative estimate of drug-likeness (QED) is 0.264. The zero-order chi connectivity index (χ0) is 22.4. The van der Waals surface area contributed by atoms with E-state index in [2.05, 4.69) is 72.8 Å². The maximum Gasteiger partial charge on any atom is 0.489 e. The van der Waals surface area contributed by atoms with Crippen LogP contribution in [0, 0.1) is 0 Å². The van der Waals surface area contributed by atoms with Gasteiger partial charge in [0.05, 0.1) is 0 Å². The predicted octanol–water partition coefficient (Wildman–Crippen LogP) is 6.16. The van der Waals surface area contributed by atoms with Crippen LogP contribution < -0.4 is 5.46 Å². The fourth-order valence-electron chi connectivity index (χ4n) is 5.12. The molecule has 0 spiro atoms. The first-order chi connectivity index (χ1) is 16.2. The summed E-state index contributed by atoms with van der Waals surface area (Å²) in [5, 5.41) is 26.6. The van der Waals surface area contributed by atoms with Gasteiger partial charge in [-0.25, -0.2) is 0 Å². The predicted molar refractivity (Wildman–Crippen MR) is 140 cm³/mol. The fourth-order valence-corrected chi connectivity index (χ4v) is 5.12. The van der Waals surface area contributed by atoms with E-state index in [1.54, 1.807) is 0 Å². The molecule has 2 nitrogen and oxygen atoms in total. The van der Waals surface area contributed by atoms with E-state index in [1.807, 2.05) is 42.5 Å². The van der Waals surface area contributed by atoms with Gasteiger partial charge in [-0.2, -0.15) is 0 Å². The maximum atomic E-state index is 10.3. The summed E-state index contributed by atoms with van der Waals surface area (Å²) in [6.07, 6.45) is 0. The van der Waals surface area contributed by atoms with Gasteiger partial charge in [-0.15, -0.1) is 0 Å². The van der Waals surface area contributed by atoms with Gasteiger partial charge in [-0.3, -0.25) is 0 Å². The third kappa shape index (κ3) is 3.13. The van der Waals surface area contributed by atoms with Gasteiger partial charge < -0.3 is 10.0 Å². The summed E-state index contributed by atoms with van der Waals surface area (Å²) in [5.74, 6) is 0. The Bertz CT molecular complexity index is 1580. The molecular weight excluding hydrogens is 403 g/mol. The zero-order valence-electron chi connectivity index (χ0n) is 17.9. The second-order valence-corrected chi connectivity index (χ2v) is 8.33. The summed E-state index contributed by atoms with van der Waals surface area (Å²) in [5.41, 5.74) is 5.19. The average molecular weight is 424 g/mol. The van der Waals surface area contributed by atoms with Gasteiger partial charge in [0.25, 0.3) is 0 Å². The van der Waals surface area contributed by atoms with E-state index in [1.165, 1.54) is 21.9 Å². The van der Waals surface area contributed by atoms with Crippen molar-refractivity contribution < 1.29 is 10.0 Å². The lowest BCUT2D eigenvalue weighted by molar-refractivity contribution is 0.426. The number of rotatable bonds is 3. The molecule has 0 aliphatic rings. The fraction of sp³-hybridized carbons (Fsp3) is 0. The number of benzene rings is 6. The van der Waals surface area contributed by atoms with Crippen molar-refractivity contribution in [1.82, 2.24) is 0 Å². The van der Waals surface area contributed by atoms with Crippen LogP contribution in [0.2, 0.25) is 0 Å². The van der Waals surface area contributed by atoms with Crippen molar-refractivity contribution in [2.24, 2.45) is 0 Å². The summed E-state index contributed by atoms with van der Waals surface area (Å²) in [6, 6.07) is 39.4. The van der Waals surface area contributed by atoms with Gasteiger partial charge in [-0.05, 0) is 60.0 Å². The van der Waals surface area contributed by atoms with Gasteiger partial charge in [0.15, 0.2) is 0 Å². The van der Waals surface area contributed by atoms with E-state index < -0.39 is 7.12 Å². The van der Waals surface area contributed by atoms with E-state index in [4.69, 9.17) is 0 Å². The smallest absolute Gasteiger partial charge is 0.423 e. The molecule has 2 N–H and O–H groups in total. The van der Waals surface area contributed by atoms with Gasteiger partial charge >= 0.3 is 7.12 Å². The molecule has 0 aliphatic heterocycles. The van der Waals surface area contributed by atoms with Crippen molar-refractivity contribution in [3.8, 4) is 22.3 Å². The highest BCUT2D eigenvalue weighted by atomic mass is 16.4. The van der Waals surface area contributed by atoms with Crippen molar-refractivity contribution in [3.63, 3.8) is 0 Å². The lowest BCUT2D eigenvalue weighted by atomic mass is 9.72. The monoisotopic (exact) mass is 424 g/mol. The van der Waals surface area contributed by atoms with E-state index in [0.29, 0.717) is 5.46 Å². The molecule has 0 atom stereocenters. The Morgan fingerprint density at radius 3 is 1.36 bits per heavy atom. The van der Waals surface area contributed by atoms with Crippen molar-refractivity contribution in [2.75, 3.05) is 0 Å². The first-order valence-electron chi connectivity index (χ1n) is 11.1. The zero-order valence-corrected chi connectivity index (χ0v) is 17.9. The molecule has 0 unspecified atom stereocenters. The Kier molecular flexibility index (Phi) is 4.72. The highest BCUT2D eigenvalue weighted by Gasteiger charge is 2.23. The van der Waals surface area contributed by atoms with Crippen molar-refractivity contribution in [2.45, 2.75) is 0 Å². The average Bonchev–Trinajstić information content (AvgIpc) is 2.87. The minimum Gasteiger partial charge on any atom is -0.423 e. The van der Waals surface area contributed by atoms with Gasteiger partial charge in [0, 0.05) is 0 Å². The SMILES string of the molecule is OB(O)c1c2ccccc2c(-c2ccc(-c3ccccc3)c3ccccc23)c2ccccc12. The van der Waals surface area contributed by atoms with Crippen molar-refractivity contribution >= 4 is 44.9 Å². The third-order valence-electron chi connectivity index (χ3n) is 6.51. The first-order valence-corrected chi connectivity index (χ1v) is 11.1. The largest absolute Gasteiger partial charge is 0.489 e. The Morgan fingerprint density at radius 1 is 0.394 bits per heavy atom. The topological polar surface area (TPSA) is 40.5 Å². The normalized spacial score (nSPS) is 11.3. The van der Waals surface area contributed by atoms with Crippen molar-refractivity contribution in [3.05, 3.63) is 115 Å². The first kappa shape index (κ1) is 19.7. The standard InChI is InChI=1S/C30H21BO2/c32-31(33)30-27-16-8-6-14-24(27)29(25-15-7-9-17-28(25)30)26-19-18-21(20-10-2-1-3-11-20)22-12-4-5-13-23(22)26/h1-19,32-33H. The Morgan fingerprint density at radius 2 is 0.818 bits per heavy atom. The van der Waals surface area contributed by atoms with Crippen LogP contribution in [0.1, 0.15) is 0 Å². The van der Waals surface area contributed by atoms with E-state index in [0.717, 1.165) is 32.7 Å². The molecule has 3 heteroatoms. The molecule has 0 fully saturated rings. The summed E-state index contributed by atoms with van der Waals surface area (Å²) < 4.78 is 0. The van der Waals surface area contributed by atoms with Crippen LogP contribution in [-0.2, 0) is 0 Å². The number of hydrogen-bond acceptors (Lipinski definition) is 2. The van der Waals surface area contributed by atoms with E-state index >= 15 is 0 Å². The van der Waals surface area contributed by atoms with Crippen LogP contribution in [0.25, 0.3) is 54.6 Å². The molecule has 0 aliphatic carbocycles. The third-order valence-corrected chi connectivity index (χ3v) is 6.51. The van der Waals surface area contributed by atoms with Crippen LogP contribution in [0.15, 0.2) is 115 Å². The van der Waals surface area contributed by atoms with Crippen LogP contribution in [0.3, 0.4) is 0 Å². The van der Waals surface area contributed by atoms with E-state index in [9.17, 15) is 10.0 Å². The molecule has 6 aromatic rings. The molecule has 6 aromatic carbocycles. The van der Waals surface area contributed by atoms with Gasteiger partial charge in [0.2, 0.25) is 0 Å². The molecule has 0 saturated carbocycles. The lowest BCUT2D eigenvalue weighted by Crippen LogP contribution is -2.31. The molecule has 6 rings (SSSR count). The molecule has 0 radical (unpaired) electrons. The van der Waals surface area contributed by atoms with Gasteiger partial charge in [0.1, 0.15) is 0 Å². The lowest BCUT2D eigenvalue weighted by Gasteiger charge is -2.19. The Labute approximate surface area is 192 Å². The number of hydrogen-bond donors (Lipinski definition) is 2.